The van der Waals surface area contributed by atoms with E-state index in [0.717, 1.165) is 61.4 Å². The number of rotatable bonds is 11. The SMILES string of the molecule is CCC(=O)NCCCCCc1nc2ccccc2n1CCOc1cc(C)cc(C)c1. The Morgan fingerprint density at radius 2 is 1.83 bits per heavy atom. The molecule has 1 heterocycles. The van der Waals surface area contributed by atoms with Gasteiger partial charge >= 0.3 is 0 Å². The summed E-state index contributed by atoms with van der Waals surface area (Å²) in [6, 6.07) is 14.6. The molecule has 5 heteroatoms. The highest BCUT2D eigenvalue weighted by Gasteiger charge is 2.10. The van der Waals surface area contributed by atoms with Crippen molar-refractivity contribution in [2.24, 2.45) is 0 Å². The molecule has 0 aliphatic carbocycles. The lowest BCUT2D eigenvalue weighted by Crippen LogP contribution is -2.23. The van der Waals surface area contributed by atoms with E-state index < -0.39 is 0 Å². The van der Waals surface area contributed by atoms with Gasteiger partial charge in [0.25, 0.3) is 0 Å². The minimum absolute atomic E-state index is 0.126. The zero-order valence-electron chi connectivity index (χ0n) is 18.4. The molecule has 2 aromatic carbocycles. The predicted molar refractivity (Wildman–Crippen MR) is 122 cm³/mol. The van der Waals surface area contributed by atoms with Crippen molar-refractivity contribution in [1.82, 2.24) is 14.9 Å². The third-order valence-electron chi connectivity index (χ3n) is 5.23. The van der Waals surface area contributed by atoms with Crippen molar-refractivity contribution in [3.63, 3.8) is 0 Å². The smallest absolute Gasteiger partial charge is 0.219 e. The third-order valence-corrected chi connectivity index (χ3v) is 5.23. The highest BCUT2D eigenvalue weighted by molar-refractivity contribution is 5.76. The molecular formula is C25H33N3O2. The van der Waals surface area contributed by atoms with Gasteiger partial charge in [0.1, 0.15) is 18.2 Å². The number of fused-ring (bicyclic) bond motifs is 1. The van der Waals surface area contributed by atoms with Crippen molar-refractivity contribution < 1.29 is 9.53 Å². The second-order valence-corrected chi connectivity index (χ2v) is 7.85. The van der Waals surface area contributed by atoms with Gasteiger partial charge in [-0.3, -0.25) is 4.79 Å². The van der Waals surface area contributed by atoms with Gasteiger partial charge in [-0.1, -0.05) is 31.5 Å². The Labute approximate surface area is 179 Å². The number of hydrogen-bond donors (Lipinski definition) is 1. The summed E-state index contributed by atoms with van der Waals surface area (Å²) in [5.74, 6) is 2.16. The normalized spacial score (nSPS) is 11.0. The number of ether oxygens (including phenoxy) is 1. The van der Waals surface area contributed by atoms with Crippen LogP contribution in [-0.4, -0.2) is 28.6 Å². The molecule has 0 aliphatic rings. The summed E-state index contributed by atoms with van der Waals surface area (Å²) in [6.07, 6.45) is 4.62. The van der Waals surface area contributed by atoms with Gasteiger partial charge in [-0.15, -0.1) is 0 Å². The number of carbonyl (C=O) groups is 1. The van der Waals surface area contributed by atoms with Gasteiger partial charge in [0.2, 0.25) is 5.91 Å². The number of imidazole rings is 1. The lowest BCUT2D eigenvalue weighted by molar-refractivity contribution is -0.120. The van der Waals surface area contributed by atoms with Crippen molar-refractivity contribution in [2.75, 3.05) is 13.2 Å². The zero-order valence-corrected chi connectivity index (χ0v) is 18.4. The van der Waals surface area contributed by atoms with E-state index in [1.807, 2.05) is 13.0 Å². The molecule has 0 fully saturated rings. The first kappa shape index (κ1) is 21.9. The first-order valence-electron chi connectivity index (χ1n) is 11.0. The number of para-hydroxylation sites is 2. The monoisotopic (exact) mass is 407 g/mol. The first-order valence-corrected chi connectivity index (χ1v) is 11.0. The van der Waals surface area contributed by atoms with Gasteiger partial charge in [0.15, 0.2) is 0 Å². The molecule has 1 aromatic heterocycles. The van der Waals surface area contributed by atoms with Crippen molar-refractivity contribution in [1.29, 1.82) is 0 Å². The Kier molecular flexibility index (Phi) is 7.89. The van der Waals surface area contributed by atoms with Crippen LogP contribution in [0.15, 0.2) is 42.5 Å². The van der Waals surface area contributed by atoms with Crippen molar-refractivity contribution >= 4 is 16.9 Å². The average molecular weight is 408 g/mol. The molecule has 0 spiro atoms. The standard InChI is InChI=1S/C25H33N3O2/c1-4-25(29)26-13-9-5-6-12-24-27-22-10-7-8-11-23(22)28(24)14-15-30-21-17-19(2)16-20(3)18-21/h7-8,10-11,16-18H,4-6,9,12-15H2,1-3H3,(H,26,29). The molecule has 0 atom stereocenters. The van der Waals surface area contributed by atoms with Gasteiger partial charge in [-0.25, -0.2) is 4.98 Å². The van der Waals surface area contributed by atoms with E-state index in [9.17, 15) is 4.79 Å². The van der Waals surface area contributed by atoms with E-state index in [1.54, 1.807) is 0 Å². The maximum atomic E-state index is 11.3. The molecule has 1 N–H and O–H groups in total. The van der Waals surface area contributed by atoms with Crippen LogP contribution in [-0.2, 0) is 17.8 Å². The molecule has 3 rings (SSSR count). The summed E-state index contributed by atoms with van der Waals surface area (Å²) in [4.78, 5) is 16.2. The fourth-order valence-electron chi connectivity index (χ4n) is 3.77. The van der Waals surface area contributed by atoms with Crippen LogP contribution in [0, 0.1) is 13.8 Å². The molecule has 0 saturated carbocycles. The van der Waals surface area contributed by atoms with E-state index in [1.165, 1.54) is 11.1 Å². The maximum absolute atomic E-state index is 11.3. The van der Waals surface area contributed by atoms with E-state index in [2.05, 4.69) is 60.1 Å². The topological polar surface area (TPSA) is 56.2 Å². The van der Waals surface area contributed by atoms with Gasteiger partial charge in [0, 0.05) is 19.4 Å². The molecule has 30 heavy (non-hydrogen) atoms. The lowest BCUT2D eigenvalue weighted by atomic mass is 10.1. The molecule has 160 valence electrons. The fourth-order valence-corrected chi connectivity index (χ4v) is 3.77. The summed E-state index contributed by atoms with van der Waals surface area (Å²) in [6.45, 7) is 8.20. The molecule has 3 aromatic rings. The van der Waals surface area contributed by atoms with E-state index in [0.29, 0.717) is 13.0 Å². The lowest BCUT2D eigenvalue weighted by Gasteiger charge is -2.12. The van der Waals surface area contributed by atoms with Crippen LogP contribution >= 0.6 is 0 Å². The summed E-state index contributed by atoms with van der Waals surface area (Å²) in [7, 11) is 0. The van der Waals surface area contributed by atoms with Gasteiger partial charge in [-0.05, 0) is 62.1 Å². The predicted octanol–water partition coefficient (Wildman–Crippen LogP) is 4.97. The van der Waals surface area contributed by atoms with E-state index >= 15 is 0 Å². The number of benzene rings is 2. The summed E-state index contributed by atoms with van der Waals surface area (Å²) < 4.78 is 8.34. The molecule has 0 bridgehead atoms. The van der Waals surface area contributed by atoms with E-state index in [4.69, 9.17) is 9.72 Å². The largest absolute Gasteiger partial charge is 0.492 e. The van der Waals surface area contributed by atoms with E-state index in [-0.39, 0.29) is 5.91 Å². The molecule has 5 nitrogen and oxygen atoms in total. The van der Waals surface area contributed by atoms with Crippen molar-refractivity contribution in [3.05, 3.63) is 59.4 Å². The number of aromatic nitrogens is 2. The number of amides is 1. The minimum Gasteiger partial charge on any atom is -0.492 e. The van der Waals surface area contributed by atoms with Crippen LogP contribution in [0.3, 0.4) is 0 Å². The van der Waals surface area contributed by atoms with Crippen LogP contribution in [0.4, 0.5) is 0 Å². The Morgan fingerprint density at radius 3 is 2.60 bits per heavy atom. The fraction of sp³-hybridized carbons (Fsp3) is 0.440. The molecular weight excluding hydrogens is 374 g/mol. The Bertz CT molecular complexity index is 957. The van der Waals surface area contributed by atoms with Gasteiger partial charge in [0.05, 0.1) is 17.6 Å². The van der Waals surface area contributed by atoms with Gasteiger partial charge < -0.3 is 14.6 Å². The highest BCUT2D eigenvalue weighted by atomic mass is 16.5. The van der Waals surface area contributed by atoms with Gasteiger partial charge in [-0.2, -0.15) is 0 Å². The minimum atomic E-state index is 0.126. The summed E-state index contributed by atoms with van der Waals surface area (Å²) in [5, 5.41) is 2.94. The zero-order chi connectivity index (χ0) is 21.3. The van der Waals surface area contributed by atoms with Crippen LogP contribution < -0.4 is 10.1 Å². The second-order valence-electron chi connectivity index (χ2n) is 7.85. The maximum Gasteiger partial charge on any atom is 0.219 e. The highest BCUT2D eigenvalue weighted by Crippen LogP contribution is 2.19. The average Bonchev–Trinajstić information content (AvgIpc) is 3.07. The Balaban J connectivity index is 1.58. The molecule has 1 amide bonds. The third kappa shape index (κ3) is 6.09. The molecule has 0 saturated heterocycles. The van der Waals surface area contributed by atoms with Crippen LogP contribution in [0.25, 0.3) is 11.0 Å². The molecule has 0 aliphatic heterocycles. The quantitative estimate of drug-likeness (QED) is 0.457. The van der Waals surface area contributed by atoms with Crippen LogP contribution in [0.2, 0.25) is 0 Å². The summed E-state index contributed by atoms with van der Waals surface area (Å²) in [5.41, 5.74) is 4.63. The number of hydrogen-bond acceptors (Lipinski definition) is 3. The second kappa shape index (κ2) is 10.8. The van der Waals surface area contributed by atoms with Crippen LogP contribution in [0.1, 0.15) is 49.6 Å². The van der Waals surface area contributed by atoms with Crippen molar-refractivity contribution in [2.45, 2.75) is 59.4 Å². The van der Waals surface area contributed by atoms with Crippen molar-refractivity contribution in [3.8, 4) is 5.75 Å². The number of aryl methyl sites for hydroxylation is 3. The Hall–Kier alpha value is -2.82. The number of carbonyl (C=O) groups excluding carboxylic acids is 1. The molecule has 0 radical (unpaired) electrons. The number of unbranched alkanes of at least 4 members (excludes halogenated alkanes) is 2. The van der Waals surface area contributed by atoms with Crippen LogP contribution in [0.5, 0.6) is 5.75 Å². The first-order chi connectivity index (χ1) is 14.6. The number of nitrogens with one attached hydrogen (secondary N) is 1. The number of nitrogens with zero attached hydrogens (tertiary/aromatic N) is 2. The summed E-state index contributed by atoms with van der Waals surface area (Å²) >= 11 is 0. The Morgan fingerprint density at radius 1 is 1.07 bits per heavy atom. The molecule has 0 unspecified atom stereocenters.